The maximum atomic E-state index is 13.1. The molecule has 1 amide bonds. The molecule has 0 bridgehead atoms. The summed E-state index contributed by atoms with van der Waals surface area (Å²) in [7, 11) is 0. The molecule has 0 spiro atoms. The van der Waals surface area contributed by atoms with Crippen molar-refractivity contribution in [3.63, 3.8) is 0 Å². The standard InChI is InChI=1S/C64H107NO8/c1-3-5-7-9-11-13-15-17-19-21-23-24-25-26-27-28-29-30-31-32-33-34-36-38-40-42-44-46-48-50-52-54-60(68)65-57(56-72-64-63(71)62(70)61(69)59(55-66)73-64)58(67)53-51-49-47-45-43-41-39-37-35-22-20-18-16-14-12-10-8-6-4-2/h5,7,11,13,17,19,23-24,26-27,29-30,32-33,36,38,43,45,51,53,57-59,61-64,66-67,69-71H,3-4,6,8-10,12,14-16,18,20-22,25,28,31,34-35,37,39-42,44,46-50,52,54-56H2,1-2H3,(H,65,68)/b7-5-,13-11-,19-17-,24-23-,27-26-,30-29-,33-32-,38-36-,45-43+,53-51+. The number of allylic oxidation sites excluding steroid dienone is 19. The number of rotatable bonds is 48. The first kappa shape index (κ1) is 67.6. The fourth-order valence-corrected chi connectivity index (χ4v) is 8.42. The molecule has 416 valence electrons. The summed E-state index contributed by atoms with van der Waals surface area (Å²) >= 11 is 0. The zero-order valence-electron chi connectivity index (χ0n) is 46.1. The Morgan fingerprint density at radius 3 is 1.32 bits per heavy atom. The van der Waals surface area contributed by atoms with Gasteiger partial charge in [-0.3, -0.25) is 4.79 Å². The lowest BCUT2D eigenvalue weighted by Gasteiger charge is -2.40. The van der Waals surface area contributed by atoms with Crippen LogP contribution in [0.3, 0.4) is 0 Å². The van der Waals surface area contributed by atoms with Crippen molar-refractivity contribution in [3.05, 3.63) is 122 Å². The van der Waals surface area contributed by atoms with Gasteiger partial charge in [-0.1, -0.05) is 238 Å². The Morgan fingerprint density at radius 2 is 0.863 bits per heavy atom. The number of unbranched alkanes of at least 4 members (excludes halogenated alkanes) is 20. The Labute approximate surface area is 446 Å². The molecule has 9 heteroatoms. The topological polar surface area (TPSA) is 149 Å². The SMILES string of the molecule is CC/C=C\C/C=C\C/C=C\C/C=C\C/C=C\C/C=C\C/C=C\C/C=C\CCCCCCCCC(=O)NC(COC1OC(CO)C(O)C(O)C1O)C(O)/C=C/CC/C=C/CCCCCCCCCCCCCCC. The van der Waals surface area contributed by atoms with Gasteiger partial charge in [-0.15, -0.1) is 0 Å². The predicted octanol–water partition coefficient (Wildman–Crippen LogP) is 14.7. The van der Waals surface area contributed by atoms with Crippen LogP contribution in [-0.2, 0) is 14.3 Å². The number of nitrogens with one attached hydrogen (secondary N) is 1. The quantitative estimate of drug-likeness (QED) is 0.0261. The van der Waals surface area contributed by atoms with Crippen LogP contribution >= 0.6 is 0 Å². The number of aliphatic hydroxyl groups excluding tert-OH is 5. The molecular weight excluding hydrogens is 911 g/mol. The Hall–Kier alpha value is -3.41. The van der Waals surface area contributed by atoms with Crippen LogP contribution in [0, 0.1) is 0 Å². The van der Waals surface area contributed by atoms with Gasteiger partial charge in [0, 0.05) is 6.42 Å². The van der Waals surface area contributed by atoms with E-state index in [2.05, 4.69) is 129 Å². The maximum absolute atomic E-state index is 13.1. The Bertz CT molecular complexity index is 1560. The Kier molecular flexibility index (Phi) is 48.2. The van der Waals surface area contributed by atoms with E-state index in [-0.39, 0.29) is 12.5 Å². The van der Waals surface area contributed by atoms with Crippen LogP contribution in [0.25, 0.3) is 0 Å². The van der Waals surface area contributed by atoms with Gasteiger partial charge in [-0.05, 0) is 96.3 Å². The van der Waals surface area contributed by atoms with Gasteiger partial charge >= 0.3 is 0 Å². The molecule has 0 aromatic rings. The number of aliphatic hydroxyl groups is 5. The fourth-order valence-electron chi connectivity index (χ4n) is 8.42. The van der Waals surface area contributed by atoms with E-state index >= 15 is 0 Å². The number of hydrogen-bond donors (Lipinski definition) is 6. The molecule has 0 radical (unpaired) electrons. The van der Waals surface area contributed by atoms with Gasteiger partial charge in [-0.25, -0.2) is 0 Å². The van der Waals surface area contributed by atoms with E-state index in [4.69, 9.17) is 9.47 Å². The summed E-state index contributed by atoms with van der Waals surface area (Å²) in [4.78, 5) is 13.1. The number of carbonyl (C=O) groups is 1. The van der Waals surface area contributed by atoms with E-state index < -0.39 is 49.5 Å². The third-order valence-electron chi connectivity index (χ3n) is 13.0. The van der Waals surface area contributed by atoms with Crippen molar-refractivity contribution in [2.75, 3.05) is 13.2 Å². The summed E-state index contributed by atoms with van der Waals surface area (Å²) < 4.78 is 11.2. The molecule has 6 N–H and O–H groups in total. The van der Waals surface area contributed by atoms with Crippen LogP contribution in [0.15, 0.2) is 122 Å². The lowest BCUT2D eigenvalue weighted by molar-refractivity contribution is -0.302. The second-order valence-corrected chi connectivity index (χ2v) is 19.7. The largest absolute Gasteiger partial charge is 0.394 e. The number of hydrogen-bond acceptors (Lipinski definition) is 8. The first-order valence-electron chi connectivity index (χ1n) is 29.3. The molecule has 1 fully saturated rings. The van der Waals surface area contributed by atoms with E-state index in [1.165, 1.54) is 83.5 Å². The number of ether oxygens (including phenoxy) is 2. The second-order valence-electron chi connectivity index (χ2n) is 19.7. The van der Waals surface area contributed by atoms with Crippen molar-refractivity contribution >= 4 is 5.91 Å². The zero-order chi connectivity index (χ0) is 52.9. The van der Waals surface area contributed by atoms with E-state index in [0.717, 1.165) is 116 Å². The lowest BCUT2D eigenvalue weighted by Crippen LogP contribution is -2.60. The number of carbonyl (C=O) groups excluding carboxylic acids is 1. The van der Waals surface area contributed by atoms with Gasteiger partial charge in [0.25, 0.3) is 0 Å². The number of amides is 1. The van der Waals surface area contributed by atoms with Crippen molar-refractivity contribution in [1.82, 2.24) is 5.32 Å². The van der Waals surface area contributed by atoms with Gasteiger partial charge < -0.3 is 40.3 Å². The fraction of sp³-hybridized carbons (Fsp3) is 0.672. The molecule has 1 aliphatic rings. The zero-order valence-corrected chi connectivity index (χ0v) is 46.1. The molecule has 0 saturated carbocycles. The minimum atomic E-state index is -1.58. The minimum absolute atomic E-state index is 0.206. The molecule has 0 aliphatic carbocycles. The maximum Gasteiger partial charge on any atom is 0.220 e. The highest BCUT2D eigenvalue weighted by Crippen LogP contribution is 2.23. The Balaban J connectivity index is 2.27. The van der Waals surface area contributed by atoms with Gasteiger partial charge in [0.1, 0.15) is 24.4 Å². The molecule has 1 rings (SSSR count). The van der Waals surface area contributed by atoms with Crippen LogP contribution in [0.2, 0.25) is 0 Å². The van der Waals surface area contributed by atoms with E-state index in [9.17, 15) is 30.3 Å². The third kappa shape index (κ3) is 41.5. The van der Waals surface area contributed by atoms with Crippen molar-refractivity contribution in [2.24, 2.45) is 0 Å². The van der Waals surface area contributed by atoms with Gasteiger partial charge in [0.15, 0.2) is 6.29 Å². The first-order chi connectivity index (χ1) is 35.8. The van der Waals surface area contributed by atoms with Gasteiger partial charge in [-0.2, -0.15) is 0 Å². The molecule has 0 aromatic carbocycles. The Morgan fingerprint density at radius 1 is 0.479 bits per heavy atom. The highest BCUT2D eigenvalue weighted by atomic mass is 16.7. The minimum Gasteiger partial charge on any atom is -0.394 e. The van der Waals surface area contributed by atoms with E-state index in [1.807, 2.05) is 6.08 Å². The second kappa shape index (κ2) is 52.0. The molecule has 1 saturated heterocycles. The third-order valence-corrected chi connectivity index (χ3v) is 13.0. The molecule has 1 aliphatic heterocycles. The molecule has 1 heterocycles. The van der Waals surface area contributed by atoms with Crippen molar-refractivity contribution in [2.45, 2.75) is 262 Å². The summed E-state index contributed by atoms with van der Waals surface area (Å²) in [6.07, 6.45) is 71.1. The van der Waals surface area contributed by atoms with Crippen molar-refractivity contribution < 1.29 is 39.8 Å². The average Bonchev–Trinajstić information content (AvgIpc) is 3.39. The molecule has 0 aromatic heterocycles. The molecule has 7 unspecified atom stereocenters. The van der Waals surface area contributed by atoms with Gasteiger partial charge in [0.2, 0.25) is 5.91 Å². The molecular formula is C64H107NO8. The summed E-state index contributed by atoms with van der Waals surface area (Å²) in [6.45, 7) is 3.64. The summed E-state index contributed by atoms with van der Waals surface area (Å²) in [5, 5.41) is 54.5. The summed E-state index contributed by atoms with van der Waals surface area (Å²) in [6, 6.07) is -0.840. The monoisotopic (exact) mass is 1020 g/mol. The highest BCUT2D eigenvalue weighted by molar-refractivity contribution is 5.76. The molecule has 73 heavy (non-hydrogen) atoms. The van der Waals surface area contributed by atoms with Gasteiger partial charge in [0.05, 0.1) is 25.4 Å². The van der Waals surface area contributed by atoms with Crippen LogP contribution in [-0.4, -0.2) is 87.5 Å². The smallest absolute Gasteiger partial charge is 0.220 e. The van der Waals surface area contributed by atoms with E-state index in [0.29, 0.717) is 6.42 Å². The van der Waals surface area contributed by atoms with Crippen LogP contribution in [0.4, 0.5) is 0 Å². The lowest BCUT2D eigenvalue weighted by atomic mass is 9.99. The highest BCUT2D eigenvalue weighted by Gasteiger charge is 2.44. The van der Waals surface area contributed by atoms with Crippen LogP contribution in [0.5, 0.6) is 0 Å². The average molecular weight is 1020 g/mol. The van der Waals surface area contributed by atoms with Crippen molar-refractivity contribution in [1.29, 1.82) is 0 Å². The normalized spacial score (nSPS) is 20.0. The van der Waals surface area contributed by atoms with Crippen LogP contribution in [0.1, 0.15) is 219 Å². The summed E-state index contributed by atoms with van der Waals surface area (Å²) in [5.74, 6) is -0.206. The molecule has 9 nitrogen and oxygen atoms in total. The predicted molar refractivity (Wildman–Crippen MR) is 308 cm³/mol. The van der Waals surface area contributed by atoms with Crippen molar-refractivity contribution in [3.8, 4) is 0 Å². The summed E-state index contributed by atoms with van der Waals surface area (Å²) in [5.41, 5.74) is 0. The molecule has 7 atom stereocenters. The van der Waals surface area contributed by atoms with E-state index in [1.54, 1.807) is 6.08 Å². The van der Waals surface area contributed by atoms with Crippen LogP contribution < -0.4 is 5.32 Å². The first-order valence-corrected chi connectivity index (χ1v) is 29.3.